The quantitative estimate of drug-likeness (QED) is 0.565. The van der Waals surface area contributed by atoms with E-state index in [0.717, 1.165) is 12.1 Å². The standard InChI is InChI=1S/C15H9F4IO2/c16-7-3-8(17)5-9(4-7)22-12-2-1-11(20)13-10(12)6-15(18,19)14(13)21/h1-5,14,21H,6H2/t14-/m0/s1. The molecule has 0 heterocycles. The maximum absolute atomic E-state index is 13.7. The molecule has 0 bridgehead atoms. The molecule has 2 nitrogen and oxygen atoms in total. The van der Waals surface area contributed by atoms with Crippen molar-refractivity contribution < 1.29 is 27.4 Å². The van der Waals surface area contributed by atoms with E-state index in [-0.39, 0.29) is 22.6 Å². The van der Waals surface area contributed by atoms with Crippen molar-refractivity contribution in [3.8, 4) is 11.5 Å². The molecule has 1 aliphatic rings. The van der Waals surface area contributed by atoms with Crippen LogP contribution in [0.5, 0.6) is 11.5 Å². The molecule has 1 atom stereocenters. The lowest BCUT2D eigenvalue weighted by Crippen LogP contribution is -2.21. The van der Waals surface area contributed by atoms with Crippen LogP contribution in [0.4, 0.5) is 17.6 Å². The molecule has 22 heavy (non-hydrogen) atoms. The highest BCUT2D eigenvalue weighted by atomic mass is 127. The number of aliphatic hydroxyl groups is 1. The summed E-state index contributed by atoms with van der Waals surface area (Å²) in [6, 6.07) is 5.55. The molecule has 0 radical (unpaired) electrons. The zero-order chi connectivity index (χ0) is 16.1. The Labute approximate surface area is 136 Å². The smallest absolute Gasteiger partial charge is 0.281 e. The summed E-state index contributed by atoms with van der Waals surface area (Å²) in [5.41, 5.74) is 0.244. The molecular weight excluding hydrogens is 415 g/mol. The summed E-state index contributed by atoms with van der Waals surface area (Å²) in [4.78, 5) is 0. The van der Waals surface area contributed by atoms with Gasteiger partial charge in [-0.1, -0.05) is 0 Å². The minimum Gasteiger partial charge on any atom is -0.457 e. The van der Waals surface area contributed by atoms with Gasteiger partial charge in [0.05, 0.1) is 0 Å². The minimum absolute atomic E-state index is 0.0524. The van der Waals surface area contributed by atoms with Crippen LogP contribution >= 0.6 is 22.6 Å². The Kier molecular flexibility index (Phi) is 3.80. The topological polar surface area (TPSA) is 29.5 Å². The molecule has 0 saturated heterocycles. The van der Waals surface area contributed by atoms with Crippen molar-refractivity contribution >= 4 is 22.6 Å². The third-order valence-corrected chi connectivity index (χ3v) is 4.35. The minimum atomic E-state index is -3.30. The molecule has 116 valence electrons. The molecule has 0 spiro atoms. The van der Waals surface area contributed by atoms with E-state index in [1.807, 2.05) is 22.6 Å². The Morgan fingerprint density at radius 1 is 1.14 bits per heavy atom. The van der Waals surface area contributed by atoms with Crippen LogP contribution in [0.3, 0.4) is 0 Å². The molecule has 7 heteroatoms. The van der Waals surface area contributed by atoms with E-state index >= 15 is 0 Å². The van der Waals surface area contributed by atoms with Gasteiger partial charge in [0.15, 0.2) is 0 Å². The van der Waals surface area contributed by atoms with Gasteiger partial charge in [-0.2, -0.15) is 0 Å². The molecular formula is C15H9F4IO2. The van der Waals surface area contributed by atoms with Gasteiger partial charge in [-0.3, -0.25) is 0 Å². The Morgan fingerprint density at radius 3 is 2.41 bits per heavy atom. The first-order chi connectivity index (χ1) is 10.3. The third kappa shape index (κ3) is 2.67. The number of fused-ring (bicyclic) bond motifs is 1. The van der Waals surface area contributed by atoms with Gasteiger partial charge in [0, 0.05) is 39.3 Å². The highest BCUT2D eigenvalue weighted by molar-refractivity contribution is 14.1. The summed E-state index contributed by atoms with van der Waals surface area (Å²) >= 11 is 1.85. The predicted octanol–water partition coefficient (Wildman–Crippen LogP) is 4.59. The normalized spacial score (nSPS) is 19.1. The van der Waals surface area contributed by atoms with Gasteiger partial charge in [0.2, 0.25) is 0 Å². The molecule has 1 N–H and O–H groups in total. The molecule has 0 aromatic heterocycles. The van der Waals surface area contributed by atoms with Crippen LogP contribution in [0.15, 0.2) is 30.3 Å². The molecule has 0 saturated carbocycles. The summed E-state index contributed by atoms with van der Waals surface area (Å²) in [7, 11) is 0. The van der Waals surface area contributed by atoms with Crippen LogP contribution in [-0.4, -0.2) is 11.0 Å². The Bertz CT molecular complexity index is 728. The first kappa shape index (κ1) is 15.5. The van der Waals surface area contributed by atoms with Crippen LogP contribution in [0.1, 0.15) is 17.2 Å². The zero-order valence-electron chi connectivity index (χ0n) is 10.9. The number of ether oxygens (including phenoxy) is 1. The predicted molar refractivity (Wildman–Crippen MR) is 79.2 cm³/mol. The second kappa shape index (κ2) is 5.38. The fourth-order valence-electron chi connectivity index (χ4n) is 2.45. The lowest BCUT2D eigenvalue weighted by atomic mass is 10.1. The van der Waals surface area contributed by atoms with Crippen molar-refractivity contribution in [2.75, 3.05) is 0 Å². The second-order valence-corrected chi connectivity index (χ2v) is 6.15. The molecule has 0 amide bonds. The van der Waals surface area contributed by atoms with E-state index in [0.29, 0.717) is 9.64 Å². The van der Waals surface area contributed by atoms with Crippen molar-refractivity contribution in [1.29, 1.82) is 0 Å². The summed E-state index contributed by atoms with van der Waals surface area (Å²) in [6.07, 6.45) is -2.60. The van der Waals surface area contributed by atoms with Crippen LogP contribution < -0.4 is 4.74 Å². The summed E-state index contributed by atoms with van der Waals surface area (Å²) < 4.78 is 59.6. The van der Waals surface area contributed by atoms with E-state index in [1.165, 1.54) is 12.1 Å². The van der Waals surface area contributed by atoms with Crippen LogP contribution in [-0.2, 0) is 6.42 Å². The molecule has 3 rings (SSSR count). The molecule has 0 aliphatic heterocycles. The molecule has 2 aromatic carbocycles. The molecule has 0 unspecified atom stereocenters. The average Bonchev–Trinajstić information content (AvgIpc) is 2.64. The second-order valence-electron chi connectivity index (χ2n) is 4.99. The van der Waals surface area contributed by atoms with E-state index in [2.05, 4.69) is 0 Å². The number of rotatable bonds is 2. The number of alkyl halides is 2. The highest BCUT2D eigenvalue weighted by Crippen LogP contribution is 2.48. The maximum Gasteiger partial charge on any atom is 0.281 e. The highest BCUT2D eigenvalue weighted by Gasteiger charge is 2.49. The van der Waals surface area contributed by atoms with Gasteiger partial charge >= 0.3 is 0 Å². The number of hydrogen-bond acceptors (Lipinski definition) is 2. The van der Waals surface area contributed by atoms with Crippen molar-refractivity contribution in [2.45, 2.75) is 18.4 Å². The SMILES string of the molecule is O[C@H]1c2c(I)ccc(Oc3cc(F)cc(F)c3)c2CC1(F)F. The number of aliphatic hydroxyl groups excluding tert-OH is 1. The van der Waals surface area contributed by atoms with Crippen molar-refractivity contribution in [1.82, 2.24) is 0 Å². The van der Waals surface area contributed by atoms with Crippen molar-refractivity contribution in [2.24, 2.45) is 0 Å². The monoisotopic (exact) mass is 424 g/mol. The first-order valence-electron chi connectivity index (χ1n) is 6.29. The van der Waals surface area contributed by atoms with E-state index in [9.17, 15) is 22.7 Å². The average molecular weight is 424 g/mol. The van der Waals surface area contributed by atoms with Crippen LogP contribution in [0.2, 0.25) is 0 Å². The van der Waals surface area contributed by atoms with Crippen molar-refractivity contribution in [3.05, 3.63) is 56.7 Å². The first-order valence-corrected chi connectivity index (χ1v) is 7.37. The molecule has 1 aliphatic carbocycles. The summed E-state index contributed by atoms with van der Waals surface area (Å²) in [6.45, 7) is 0. The van der Waals surface area contributed by atoms with E-state index in [4.69, 9.17) is 4.74 Å². The summed E-state index contributed by atoms with van der Waals surface area (Å²) in [5.74, 6) is -5.04. The Balaban J connectivity index is 2.04. The largest absolute Gasteiger partial charge is 0.457 e. The fourth-order valence-corrected chi connectivity index (χ4v) is 3.25. The van der Waals surface area contributed by atoms with Crippen molar-refractivity contribution in [3.63, 3.8) is 0 Å². The lowest BCUT2D eigenvalue weighted by Gasteiger charge is -2.14. The van der Waals surface area contributed by atoms with Crippen LogP contribution in [0.25, 0.3) is 0 Å². The van der Waals surface area contributed by atoms with Gasteiger partial charge in [-0.25, -0.2) is 17.6 Å². The lowest BCUT2D eigenvalue weighted by molar-refractivity contribution is -0.0971. The van der Waals surface area contributed by atoms with Gasteiger partial charge in [0.1, 0.15) is 29.2 Å². The van der Waals surface area contributed by atoms with E-state index in [1.54, 1.807) is 0 Å². The fraction of sp³-hybridized carbons (Fsp3) is 0.200. The van der Waals surface area contributed by atoms with Gasteiger partial charge < -0.3 is 9.84 Å². The molecule has 0 fully saturated rings. The third-order valence-electron chi connectivity index (χ3n) is 3.41. The van der Waals surface area contributed by atoms with Crippen LogP contribution in [0, 0.1) is 15.2 Å². The zero-order valence-corrected chi connectivity index (χ0v) is 13.1. The number of benzene rings is 2. The van der Waals surface area contributed by atoms with Gasteiger partial charge in [-0.05, 0) is 34.7 Å². The van der Waals surface area contributed by atoms with Gasteiger partial charge in [-0.15, -0.1) is 0 Å². The Hall–Kier alpha value is -1.35. The molecule has 2 aromatic rings. The number of halogens is 5. The Morgan fingerprint density at radius 2 is 1.77 bits per heavy atom. The number of hydrogen-bond donors (Lipinski definition) is 1. The van der Waals surface area contributed by atoms with E-state index < -0.39 is 30.1 Å². The summed E-state index contributed by atoms with van der Waals surface area (Å²) in [5, 5.41) is 9.74. The van der Waals surface area contributed by atoms with Gasteiger partial charge in [0.25, 0.3) is 5.92 Å². The maximum atomic E-state index is 13.7.